The number of hydrogen-bond donors (Lipinski definition) is 3. The van der Waals surface area contributed by atoms with Gasteiger partial charge in [-0.3, -0.25) is 25.8 Å². The molecular formula is C19H17BrN6O3. The van der Waals surface area contributed by atoms with Gasteiger partial charge in [0.25, 0.3) is 5.91 Å². The highest BCUT2D eigenvalue weighted by molar-refractivity contribution is 9.10. The van der Waals surface area contributed by atoms with Crippen LogP contribution in [0.1, 0.15) is 21.5 Å². The Labute approximate surface area is 174 Å². The normalized spacial score (nSPS) is 10.3. The van der Waals surface area contributed by atoms with Crippen LogP contribution in [0.25, 0.3) is 0 Å². The quantitative estimate of drug-likeness (QED) is 0.373. The van der Waals surface area contributed by atoms with Gasteiger partial charge in [-0.05, 0) is 65.2 Å². The fraction of sp³-hybridized carbons (Fsp3) is 0.105. The Hall–Kier alpha value is -3.53. The third-order valence-corrected chi connectivity index (χ3v) is 4.88. The van der Waals surface area contributed by atoms with Gasteiger partial charge in [0.2, 0.25) is 11.6 Å². The summed E-state index contributed by atoms with van der Waals surface area (Å²) in [6, 6.07) is 12.4. The molecule has 3 aromatic rings. The molecule has 2 aromatic carbocycles. The number of amides is 1. The lowest BCUT2D eigenvalue weighted by molar-refractivity contribution is -0.383. The number of nitro groups is 1. The first-order chi connectivity index (χ1) is 13.9. The molecule has 0 aliphatic heterocycles. The summed E-state index contributed by atoms with van der Waals surface area (Å²) in [5.41, 5.74) is 7.69. The molecule has 0 aliphatic rings. The number of halogens is 1. The van der Waals surface area contributed by atoms with Crippen molar-refractivity contribution in [3.63, 3.8) is 0 Å². The number of carbonyl (C=O) groups is 1. The van der Waals surface area contributed by atoms with Gasteiger partial charge in [-0.25, -0.2) is 9.97 Å². The van der Waals surface area contributed by atoms with Crippen LogP contribution in [0.3, 0.4) is 0 Å². The van der Waals surface area contributed by atoms with Crippen molar-refractivity contribution in [3.8, 4) is 0 Å². The van der Waals surface area contributed by atoms with Crippen molar-refractivity contribution < 1.29 is 9.72 Å². The highest BCUT2D eigenvalue weighted by atomic mass is 79.9. The Morgan fingerprint density at radius 3 is 2.48 bits per heavy atom. The second kappa shape index (κ2) is 8.65. The average molecular weight is 457 g/mol. The molecular weight excluding hydrogens is 440 g/mol. The predicted molar refractivity (Wildman–Crippen MR) is 113 cm³/mol. The van der Waals surface area contributed by atoms with Crippen LogP contribution in [-0.2, 0) is 0 Å². The van der Waals surface area contributed by atoms with E-state index in [-0.39, 0.29) is 11.6 Å². The largest absolute Gasteiger partial charge is 0.355 e. The fourth-order valence-corrected chi connectivity index (χ4v) is 2.98. The summed E-state index contributed by atoms with van der Waals surface area (Å²) in [5, 5.41) is 14.6. The zero-order chi connectivity index (χ0) is 21.0. The Morgan fingerprint density at radius 1 is 1.07 bits per heavy atom. The van der Waals surface area contributed by atoms with Crippen molar-refractivity contribution in [2.75, 3.05) is 10.7 Å². The third-order valence-electron chi connectivity index (χ3n) is 4.19. The average Bonchev–Trinajstić information content (AvgIpc) is 2.69. The molecule has 0 atom stereocenters. The van der Waals surface area contributed by atoms with Crippen LogP contribution in [0.15, 0.2) is 53.3 Å². The summed E-state index contributed by atoms with van der Waals surface area (Å²) >= 11 is 3.29. The Kier molecular flexibility index (Phi) is 6.03. The molecule has 9 nitrogen and oxygen atoms in total. The molecule has 3 N–H and O–H groups in total. The minimum atomic E-state index is -0.615. The summed E-state index contributed by atoms with van der Waals surface area (Å²) < 4.78 is 0.591. The van der Waals surface area contributed by atoms with E-state index in [1.165, 1.54) is 6.33 Å². The van der Waals surface area contributed by atoms with Gasteiger partial charge in [0.1, 0.15) is 6.33 Å². The second-order valence-electron chi connectivity index (χ2n) is 6.16. The fourth-order valence-electron chi connectivity index (χ4n) is 2.52. The molecule has 0 saturated carbocycles. The van der Waals surface area contributed by atoms with Crippen molar-refractivity contribution in [1.82, 2.24) is 15.4 Å². The molecule has 0 aliphatic carbocycles. The maximum atomic E-state index is 12.3. The number of nitrogens with zero attached hydrogens (tertiary/aromatic N) is 3. The molecule has 1 aromatic heterocycles. The highest BCUT2D eigenvalue weighted by Crippen LogP contribution is 2.31. The van der Waals surface area contributed by atoms with E-state index in [0.717, 1.165) is 11.1 Å². The lowest BCUT2D eigenvalue weighted by Gasteiger charge is -2.12. The molecule has 0 radical (unpaired) electrons. The van der Waals surface area contributed by atoms with Gasteiger partial charge in [-0.15, -0.1) is 0 Å². The van der Waals surface area contributed by atoms with E-state index in [2.05, 4.69) is 42.1 Å². The number of aryl methyl sites for hydroxylation is 2. The van der Waals surface area contributed by atoms with E-state index in [1.54, 1.807) is 30.3 Å². The van der Waals surface area contributed by atoms with Crippen LogP contribution in [0.4, 0.5) is 23.0 Å². The van der Waals surface area contributed by atoms with Crippen molar-refractivity contribution in [2.24, 2.45) is 0 Å². The number of nitrogens with one attached hydrogen (secondary N) is 3. The van der Waals surface area contributed by atoms with E-state index < -0.39 is 16.5 Å². The molecule has 0 bridgehead atoms. The number of carbonyl (C=O) groups excluding carboxylic acids is 1. The lowest BCUT2D eigenvalue weighted by Crippen LogP contribution is -2.30. The monoisotopic (exact) mass is 456 g/mol. The van der Waals surface area contributed by atoms with E-state index in [9.17, 15) is 14.9 Å². The predicted octanol–water partition coefficient (Wildman–Crippen LogP) is 4.26. The van der Waals surface area contributed by atoms with Crippen LogP contribution in [0.2, 0.25) is 0 Å². The maximum absolute atomic E-state index is 12.3. The first-order valence-corrected chi connectivity index (χ1v) is 9.30. The molecule has 29 heavy (non-hydrogen) atoms. The van der Waals surface area contributed by atoms with E-state index in [1.807, 2.05) is 26.0 Å². The summed E-state index contributed by atoms with van der Waals surface area (Å²) in [5.74, 6) is -0.614. The molecule has 0 spiro atoms. The van der Waals surface area contributed by atoms with Crippen molar-refractivity contribution in [2.45, 2.75) is 13.8 Å². The molecule has 10 heteroatoms. The van der Waals surface area contributed by atoms with Gasteiger partial charge in [-0.2, -0.15) is 0 Å². The zero-order valence-corrected chi connectivity index (χ0v) is 17.1. The number of aromatic nitrogens is 2. The van der Waals surface area contributed by atoms with Gasteiger partial charge >= 0.3 is 5.69 Å². The summed E-state index contributed by atoms with van der Waals surface area (Å²) in [6.07, 6.45) is 1.17. The van der Waals surface area contributed by atoms with E-state index in [0.29, 0.717) is 15.7 Å². The van der Waals surface area contributed by atoms with Crippen LogP contribution in [0.5, 0.6) is 0 Å². The Balaban J connectivity index is 1.85. The van der Waals surface area contributed by atoms with Gasteiger partial charge in [0.15, 0.2) is 0 Å². The Morgan fingerprint density at radius 2 is 1.79 bits per heavy atom. The van der Waals surface area contributed by atoms with Crippen molar-refractivity contribution in [1.29, 1.82) is 0 Å². The summed E-state index contributed by atoms with van der Waals surface area (Å²) in [6.45, 7) is 3.92. The smallest absolute Gasteiger partial charge is 0.334 e. The van der Waals surface area contributed by atoms with E-state index >= 15 is 0 Å². The van der Waals surface area contributed by atoms with Gasteiger partial charge < -0.3 is 5.32 Å². The number of rotatable bonds is 6. The van der Waals surface area contributed by atoms with Gasteiger partial charge in [0.05, 0.1) is 10.5 Å². The van der Waals surface area contributed by atoms with E-state index in [4.69, 9.17) is 0 Å². The Bertz CT molecular complexity index is 1090. The first-order valence-electron chi connectivity index (χ1n) is 8.51. The maximum Gasteiger partial charge on any atom is 0.355 e. The van der Waals surface area contributed by atoms with Crippen LogP contribution >= 0.6 is 15.9 Å². The van der Waals surface area contributed by atoms with Crippen LogP contribution in [0, 0.1) is 24.0 Å². The standard InChI is InChI=1S/C19H17BrN6O3/c1-11-7-8-13(9-12(11)2)23-17-16(26(28)29)18(22-10-21-17)24-25-19(27)14-5-3-4-6-15(14)20/h3-10H,1-2H3,(H,25,27)(H2,21,22,23,24). The minimum absolute atomic E-state index is 0.00546. The second-order valence-corrected chi connectivity index (χ2v) is 7.01. The number of benzene rings is 2. The number of hydrazine groups is 1. The molecule has 0 unspecified atom stereocenters. The molecule has 3 rings (SSSR count). The molecule has 148 valence electrons. The summed E-state index contributed by atoms with van der Waals surface area (Å²) in [7, 11) is 0. The first kappa shape index (κ1) is 20.2. The highest BCUT2D eigenvalue weighted by Gasteiger charge is 2.24. The number of hydrogen-bond acceptors (Lipinski definition) is 7. The lowest BCUT2D eigenvalue weighted by atomic mass is 10.1. The van der Waals surface area contributed by atoms with Crippen LogP contribution in [-0.4, -0.2) is 20.8 Å². The van der Waals surface area contributed by atoms with Crippen LogP contribution < -0.4 is 16.2 Å². The molecule has 0 fully saturated rings. The molecule has 0 saturated heterocycles. The summed E-state index contributed by atoms with van der Waals surface area (Å²) in [4.78, 5) is 31.2. The SMILES string of the molecule is Cc1ccc(Nc2ncnc(NNC(=O)c3ccccc3Br)c2[N+](=O)[O-])cc1C. The topological polar surface area (TPSA) is 122 Å². The van der Waals surface area contributed by atoms with Gasteiger partial charge in [-0.1, -0.05) is 18.2 Å². The molecule has 1 amide bonds. The van der Waals surface area contributed by atoms with Crippen molar-refractivity contribution >= 4 is 44.8 Å². The van der Waals surface area contributed by atoms with Crippen molar-refractivity contribution in [3.05, 3.63) is 80.1 Å². The minimum Gasteiger partial charge on any atom is -0.334 e. The molecule has 1 heterocycles. The van der Waals surface area contributed by atoms with Gasteiger partial charge in [0, 0.05) is 10.2 Å². The zero-order valence-electron chi connectivity index (χ0n) is 15.6. The number of anilines is 3. The third kappa shape index (κ3) is 4.66.